The molecule has 0 bridgehead atoms. The molecule has 1 unspecified atom stereocenters. The Balaban J connectivity index is 2.26. The average molecular weight is 190 g/mol. The van der Waals surface area contributed by atoms with Gasteiger partial charge in [-0.3, -0.25) is 0 Å². The number of allylic oxidation sites excluding steroid dienone is 4. The Morgan fingerprint density at radius 1 is 1.29 bits per heavy atom. The molecule has 0 saturated carbocycles. The highest BCUT2D eigenvalue weighted by atomic mass is 14.4. The van der Waals surface area contributed by atoms with Gasteiger partial charge in [0.05, 0.1) is 0 Å². The fourth-order valence-electron chi connectivity index (χ4n) is 3.21. The van der Waals surface area contributed by atoms with Crippen LogP contribution in [0.1, 0.15) is 40.0 Å². The smallest absolute Gasteiger partial charge is 0.0131 e. The van der Waals surface area contributed by atoms with Gasteiger partial charge in [0.25, 0.3) is 0 Å². The summed E-state index contributed by atoms with van der Waals surface area (Å²) in [6.45, 7) is 7.06. The first-order chi connectivity index (χ1) is 6.72. The summed E-state index contributed by atoms with van der Waals surface area (Å²) in [6.07, 6.45) is 11.4. The standard InChI is InChI=1S/C14H22/c1-4-13-11(3)6-7-12-9-10(2)5-8-14(12)13/h6-7,9-11,13-14H,4-5,8H2,1-3H3/t10-,11+,13+,14?/m1/s1. The predicted molar refractivity (Wildman–Crippen MR) is 62.1 cm³/mol. The van der Waals surface area contributed by atoms with Crippen LogP contribution in [0.4, 0.5) is 0 Å². The van der Waals surface area contributed by atoms with Gasteiger partial charge in [0.2, 0.25) is 0 Å². The van der Waals surface area contributed by atoms with Crippen LogP contribution in [0.5, 0.6) is 0 Å². The van der Waals surface area contributed by atoms with Crippen molar-refractivity contribution in [2.45, 2.75) is 40.0 Å². The lowest BCUT2D eigenvalue weighted by Crippen LogP contribution is -2.27. The van der Waals surface area contributed by atoms with Crippen LogP contribution >= 0.6 is 0 Å². The molecule has 0 saturated heterocycles. The SMILES string of the molecule is CC[C@@H]1C2CC[C@@H](C)C=C2C=C[C@@H]1C. The first-order valence-corrected chi connectivity index (χ1v) is 6.12. The van der Waals surface area contributed by atoms with Crippen molar-refractivity contribution >= 4 is 0 Å². The maximum Gasteiger partial charge on any atom is -0.0131 e. The molecule has 0 aromatic rings. The summed E-state index contributed by atoms with van der Waals surface area (Å²) in [5.41, 5.74) is 1.63. The summed E-state index contributed by atoms with van der Waals surface area (Å²) in [7, 11) is 0. The number of rotatable bonds is 1. The Bertz CT molecular complexity index is 259. The molecule has 0 amide bonds. The van der Waals surface area contributed by atoms with Gasteiger partial charge in [-0.1, -0.05) is 45.4 Å². The van der Waals surface area contributed by atoms with Crippen LogP contribution in [0.2, 0.25) is 0 Å². The molecule has 14 heavy (non-hydrogen) atoms. The topological polar surface area (TPSA) is 0 Å². The summed E-state index contributed by atoms with van der Waals surface area (Å²) >= 11 is 0. The van der Waals surface area contributed by atoms with E-state index in [2.05, 4.69) is 39.0 Å². The minimum atomic E-state index is 0.788. The Labute approximate surface area is 88.1 Å². The lowest BCUT2D eigenvalue weighted by atomic mass is 9.67. The largest absolute Gasteiger partial charge is 0.0811 e. The van der Waals surface area contributed by atoms with Crippen molar-refractivity contribution in [1.29, 1.82) is 0 Å². The van der Waals surface area contributed by atoms with E-state index in [4.69, 9.17) is 0 Å². The molecule has 0 heterocycles. The van der Waals surface area contributed by atoms with Gasteiger partial charge in [-0.05, 0) is 42.1 Å². The summed E-state index contributed by atoms with van der Waals surface area (Å²) in [5, 5.41) is 0. The fraction of sp³-hybridized carbons (Fsp3) is 0.714. The average Bonchev–Trinajstić information content (AvgIpc) is 2.18. The van der Waals surface area contributed by atoms with E-state index in [1.165, 1.54) is 19.3 Å². The summed E-state index contributed by atoms with van der Waals surface area (Å²) in [4.78, 5) is 0. The second-order valence-corrected chi connectivity index (χ2v) is 5.12. The van der Waals surface area contributed by atoms with Crippen molar-refractivity contribution in [2.75, 3.05) is 0 Å². The third-order valence-corrected chi connectivity index (χ3v) is 4.09. The monoisotopic (exact) mass is 190 g/mol. The van der Waals surface area contributed by atoms with Crippen molar-refractivity contribution < 1.29 is 0 Å². The van der Waals surface area contributed by atoms with Crippen molar-refractivity contribution in [3.05, 3.63) is 23.8 Å². The normalized spacial score (nSPS) is 41.8. The van der Waals surface area contributed by atoms with Gasteiger partial charge in [-0.15, -0.1) is 0 Å². The van der Waals surface area contributed by atoms with Gasteiger partial charge >= 0.3 is 0 Å². The molecule has 2 aliphatic carbocycles. The van der Waals surface area contributed by atoms with E-state index in [1.54, 1.807) is 5.57 Å². The zero-order chi connectivity index (χ0) is 10.1. The van der Waals surface area contributed by atoms with Crippen LogP contribution in [-0.4, -0.2) is 0 Å². The Morgan fingerprint density at radius 2 is 2.07 bits per heavy atom. The maximum absolute atomic E-state index is 2.50. The quantitative estimate of drug-likeness (QED) is 0.581. The second-order valence-electron chi connectivity index (χ2n) is 5.12. The van der Waals surface area contributed by atoms with Gasteiger partial charge in [0.1, 0.15) is 0 Å². The highest BCUT2D eigenvalue weighted by Crippen LogP contribution is 2.42. The maximum atomic E-state index is 2.50. The minimum absolute atomic E-state index is 0.788. The van der Waals surface area contributed by atoms with Crippen molar-refractivity contribution in [2.24, 2.45) is 23.7 Å². The molecule has 78 valence electrons. The van der Waals surface area contributed by atoms with Crippen molar-refractivity contribution in [3.8, 4) is 0 Å². The van der Waals surface area contributed by atoms with E-state index >= 15 is 0 Å². The van der Waals surface area contributed by atoms with Gasteiger partial charge in [0, 0.05) is 0 Å². The Kier molecular flexibility index (Phi) is 2.80. The minimum Gasteiger partial charge on any atom is -0.0811 e. The first-order valence-electron chi connectivity index (χ1n) is 6.12. The first kappa shape index (κ1) is 10.0. The summed E-state index contributed by atoms with van der Waals surface area (Å²) in [6, 6.07) is 0. The molecule has 0 aliphatic heterocycles. The highest BCUT2D eigenvalue weighted by Gasteiger charge is 2.31. The third-order valence-electron chi connectivity index (χ3n) is 4.09. The molecular weight excluding hydrogens is 168 g/mol. The zero-order valence-electron chi connectivity index (χ0n) is 9.66. The molecule has 2 rings (SSSR count). The number of hydrogen-bond donors (Lipinski definition) is 0. The molecule has 0 aromatic heterocycles. The highest BCUT2D eigenvalue weighted by molar-refractivity contribution is 5.29. The molecular formula is C14H22. The molecule has 0 fully saturated rings. The lowest BCUT2D eigenvalue weighted by Gasteiger charge is -2.38. The van der Waals surface area contributed by atoms with Gasteiger partial charge < -0.3 is 0 Å². The van der Waals surface area contributed by atoms with Crippen LogP contribution in [-0.2, 0) is 0 Å². The predicted octanol–water partition coefficient (Wildman–Crippen LogP) is 4.19. The van der Waals surface area contributed by atoms with E-state index in [-0.39, 0.29) is 0 Å². The molecule has 4 atom stereocenters. The van der Waals surface area contributed by atoms with Crippen LogP contribution in [0, 0.1) is 23.7 Å². The fourth-order valence-corrected chi connectivity index (χ4v) is 3.21. The van der Waals surface area contributed by atoms with Crippen LogP contribution in [0.15, 0.2) is 23.8 Å². The van der Waals surface area contributed by atoms with Gasteiger partial charge in [0.15, 0.2) is 0 Å². The van der Waals surface area contributed by atoms with Crippen LogP contribution < -0.4 is 0 Å². The van der Waals surface area contributed by atoms with Crippen LogP contribution in [0.3, 0.4) is 0 Å². The Hall–Kier alpha value is -0.520. The van der Waals surface area contributed by atoms with Crippen molar-refractivity contribution in [3.63, 3.8) is 0 Å². The molecule has 0 N–H and O–H groups in total. The van der Waals surface area contributed by atoms with E-state index in [1.807, 2.05) is 0 Å². The Morgan fingerprint density at radius 3 is 2.79 bits per heavy atom. The number of fused-ring (bicyclic) bond motifs is 1. The summed E-state index contributed by atoms with van der Waals surface area (Å²) in [5.74, 6) is 3.36. The van der Waals surface area contributed by atoms with E-state index in [0.29, 0.717) is 0 Å². The molecule has 0 aromatic carbocycles. The molecule has 2 aliphatic rings. The zero-order valence-corrected chi connectivity index (χ0v) is 9.66. The lowest BCUT2D eigenvalue weighted by molar-refractivity contribution is 0.257. The molecule has 0 nitrogen and oxygen atoms in total. The van der Waals surface area contributed by atoms with Gasteiger partial charge in [-0.2, -0.15) is 0 Å². The molecule has 0 heteroatoms. The number of hydrogen-bond acceptors (Lipinski definition) is 0. The van der Waals surface area contributed by atoms with E-state index < -0.39 is 0 Å². The summed E-state index contributed by atoms with van der Waals surface area (Å²) < 4.78 is 0. The van der Waals surface area contributed by atoms with Crippen molar-refractivity contribution in [1.82, 2.24) is 0 Å². The van der Waals surface area contributed by atoms with Crippen LogP contribution in [0.25, 0.3) is 0 Å². The third kappa shape index (κ3) is 1.67. The van der Waals surface area contributed by atoms with Gasteiger partial charge in [-0.25, -0.2) is 0 Å². The second kappa shape index (κ2) is 3.92. The van der Waals surface area contributed by atoms with E-state index in [0.717, 1.165) is 23.7 Å². The van der Waals surface area contributed by atoms with E-state index in [9.17, 15) is 0 Å². The molecule has 0 spiro atoms. The molecule has 0 radical (unpaired) electrons.